The number of aromatic amines is 1. The highest BCUT2D eigenvalue weighted by molar-refractivity contribution is 5.77. The molecule has 0 atom stereocenters. The van der Waals surface area contributed by atoms with Crippen molar-refractivity contribution in [2.24, 2.45) is 5.41 Å². The number of fused-ring (bicyclic) bond motifs is 1. The third-order valence-electron chi connectivity index (χ3n) is 8.09. The van der Waals surface area contributed by atoms with Gasteiger partial charge in [-0.2, -0.15) is 5.10 Å². The summed E-state index contributed by atoms with van der Waals surface area (Å²) in [7, 11) is 0. The van der Waals surface area contributed by atoms with Gasteiger partial charge in [0.15, 0.2) is 5.82 Å². The second-order valence-electron chi connectivity index (χ2n) is 10.7. The smallest absolute Gasteiger partial charge is 0.320 e. The SMILES string of the molecule is O=C(N1Cc2ccc(-c3nccc(Nc4ccc(-c5cn[nH]c5)cc4)n3)cc2C1)N1CC2(CCNCC2)C1. The molecule has 0 bridgehead atoms. The van der Waals surface area contributed by atoms with Crippen LogP contribution in [0.2, 0.25) is 0 Å². The fourth-order valence-corrected chi connectivity index (χ4v) is 5.91. The van der Waals surface area contributed by atoms with Gasteiger partial charge < -0.3 is 20.4 Å². The van der Waals surface area contributed by atoms with Crippen LogP contribution in [0.15, 0.2) is 67.1 Å². The highest BCUT2D eigenvalue weighted by Gasteiger charge is 2.46. The fourth-order valence-electron chi connectivity index (χ4n) is 5.91. The lowest BCUT2D eigenvalue weighted by molar-refractivity contribution is -0.00558. The Bertz CT molecular complexity index is 1450. The van der Waals surface area contributed by atoms with Gasteiger partial charge in [-0.25, -0.2) is 14.8 Å². The maximum absolute atomic E-state index is 13.2. The van der Waals surface area contributed by atoms with Crippen LogP contribution in [-0.4, -0.2) is 62.2 Å². The second kappa shape index (κ2) is 9.25. The van der Waals surface area contributed by atoms with Gasteiger partial charge in [0.1, 0.15) is 5.82 Å². The van der Waals surface area contributed by atoms with E-state index in [0.717, 1.165) is 54.4 Å². The minimum absolute atomic E-state index is 0.160. The minimum Gasteiger partial charge on any atom is -0.340 e. The van der Waals surface area contributed by atoms with Crippen molar-refractivity contribution in [1.82, 2.24) is 35.3 Å². The number of carbonyl (C=O) groups excluding carboxylic acids is 1. The number of hydrogen-bond donors (Lipinski definition) is 3. The summed E-state index contributed by atoms with van der Waals surface area (Å²) in [4.78, 5) is 26.5. The van der Waals surface area contributed by atoms with Gasteiger partial charge in [0, 0.05) is 60.8 Å². The summed E-state index contributed by atoms with van der Waals surface area (Å²) in [6.07, 6.45) is 7.80. The molecule has 3 N–H and O–H groups in total. The number of amides is 2. The average molecular weight is 507 g/mol. The van der Waals surface area contributed by atoms with Crippen molar-refractivity contribution in [2.75, 3.05) is 31.5 Å². The van der Waals surface area contributed by atoms with Gasteiger partial charge in [0.05, 0.1) is 6.20 Å². The van der Waals surface area contributed by atoms with Crippen LogP contribution < -0.4 is 10.6 Å². The topological polar surface area (TPSA) is 102 Å². The minimum atomic E-state index is 0.160. The van der Waals surface area contributed by atoms with Crippen molar-refractivity contribution in [1.29, 1.82) is 0 Å². The Kier molecular flexibility index (Phi) is 5.58. The monoisotopic (exact) mass is 506 g/mol. The second-order valence-corrected chi connectivity index (χ2v) is 10.7. The summed E-state index contributed by atoms with van der Waals surface area (Å²) in [5.41, 5.74) is 6.76. The Morgan fingerprint density at radius 3 is 2.47 bits per heavy atom. The number of piperidine rings is 1. The van der Waals surface area contributed by atoms with E-state index >= 15 is 0 Å². The molecule has 3 aliphatic rings. The number of anilines is 2. The molecule has 4 aromatic rings. The van der Waals surface area contributed by atoms with E-state index in [1.807, 2.05) is 34.2 Å². The lowest BCUT2D eigenvalue weighted by Gasteiger charge is -2.53. The Morgan fingerprint density at radius 1 is 0.895 bits per heavy atom. The first-order valence-electron chi connectivity index (χ1n) is 13.2. The van der Waals surface area contributed by atoms with Gasteiger partial charge in [-0.05, 0) is 66.9 Å². The number of likely N-dealkylation sites (tertiary alicyclic amines) is 1. The molecule has 2 amide bonds. The zero-order valence-corrected chi connectivity index (χ0v) is 21.2. The summed E-state index contributed by atoms with van der Waals surface area (Å²) in [6.45, 7) is 5.22. The largest absolute Gasteiger partial charge is 0.340 e. The number of rotatable bonds is 4. The maximum Gasteiger partial charge on any atom is 0.320 e. The van der Waals surface area contributed by atoms with Gasteiger partial charge in [-0.3, -0.25) is 5.10 Å². The summed E-state index contributed by atoms with van der Waals surface area (Å²) in [5.74, 6) is 1.39. The van der Waals surface area contributed by atoms with Crippen molar-refractivity contribution in [3.05, 3.63) is 78.2 Å². The van der Waals surface area contributed by atoms with Crippen LogP contribution >= 0.6 is 0 Å². The van der Waals surface area contributed by atoms with Gasteiger partial charge in [0.25, 0.3) is 0 Å². The van der Waals surface area contributed by atoms with Crippen LogP contribution in [0.3, 0.4) is 0 Å². The van der Waals surface area contributed by atoms with Crippen molar-refractivity contribution >= 4 is 17.5 Å². The Morgan fingerprint density at radius 2 is 1.68 bits per heavy atom. The lowest BCUT2D eigenvalue weighted by Crippen LogP contribution is -2.63. The molecule has 0 saturated carbocycles. The predicted molar refractivity (Wildman–Crippen MR) is 146 cm³/mol. The summed E-state index contributed by atoms with van der Waals surface area (Å²) in [5, 5.41) is 13.7. The van der Waals surface area contributed by atoms with Gasteiger partial charge >= 0.3 is 6.03 Å². The summed E-state index contributed by atoms with van der Waals surface area (Å²) < 4.78 is 0. The van der Waals surface area contributed by atoms with E-state index in [1.165, 1.54) is 24.0 Å². The Labute approximate surface area is 221 Å². The molecule has 5 heterocycles. The molecule has 2 saturated heterocycles. The molecule has 2 aromatic heterocycles. The first kappa shape index (κ1) is 22.9. The fraction of sp³-hybridized carbons (Fsp3) is 0.310. The van der Waals surface area contributed by atoms with Crippen molar-refractivity contribution in [3.8, 4) is 22.5 Å². The van der Waals surface area contributed by atoms with E-state index in [-0.39, 0.29) is 6.03 Å². The molecule has 3 aliphatic heterocycles. The van der Waals surface area contributed by atoms with Crippen LogP contribution in [-0.2, 0) is 13.1 Å². The molecule has 0 unspecified atom stereocenters. The standard InChI is InChI=1S/C29H30N8O/c38-28(37-18-29(19-37)8-11-30-12-9-29)36-16-22-2-1-21(13-23(22)17-36)27-31-10-7-26(35-27)34-25-5-3-20(4-6-25)24-14-32-33-15-24/h1-7,10,13-15,30H,8-9,11-12,16-19H2,(H,32,33)(H,31,34,35). The van der Waals surface area contributed by atoms with Crippen LogP contribution in [0.1, 0.15) is 24.0 Å². The molecule has 0 aliphatic carbocycles. The third kappa shape index (κ3) is 4.28. The third-order valence-corrected chi connectivity index (χ3v) is 8.09. The quantitative estimate of drug-likeness (QED) is 0.379. The van der Waals surface area contributed by atoms with Crippen molar-refractivity contribution in [3.63, 3.8) is 0 Å². The van der Waals surface area contributed by atoms with E-state index in [2.05, 4.69) is 56.1 Å². The summed E-state index contributed by atoms with van der Waals surface area (Å²) in [6, 6.07) is 16.5. The molecule has 9 nitrogen and oxygen atoms in total. The number of aromatic nitrogens is 4. The molecule has 1 spiro atoms. The number of urea groups is 1. The number of nitrogens with zero attached hydrogens (tertiary/aromatic N) is 5. The molecular formula is C29H30N8O. The van der Waals surface area contributed by atoms with Crippen LogP contribution in [0.25, 0.3) is 22.5 Å². The van der Waals surface area contributed by atoms with Crippen molar-refractivity contribution in [2.45, 2.75) is 25.9 Å². The van der Waals surface area contributed by atoms with Gasteiger partial charge in [-0.15, -0.1) is 0 Å². The van der Waals surface area contributed by atoms with Gasteiger partial charge in [0.2, 0.25) is 0 Å². The molecule has 2 fully saturated rings. The van der Waals surface area contributed by atoms with Crippen molar-refractivity contribution < 1.29 is 4.79 Å². The Hall–Kier alpha value is -4.24. The number of carbonyl (C=O) groups is 1. The van der Waals surface area contributed by atoms with Gasteiger partial charge in [-0.1, -0.05) is 24.3 Å². The molecule has 7 rings (SSSR count). The first-order chi connectivity index (χ1) is 18.6. The first-order valence-corrected chi connectivity index (χ1v) is 13.2. The maximum atomic E-state index is 13.2. The zero-order valence-electron chi connectivity index (χ0n) is 21.2. The molecule has 0 radical (unpaired) electrons. The van der Waals surface area contributed by atoms with Crippen LogP contribution in [0.5, 0.6) is 0 Å². The van der Waals surface area contributed by atoms with Crippen LogP contribution in [0.4, 0.5) is 16.3 Å². The lowest BCUT2D eigenvalue weighted by atomic mass is 9.72. The number of hydrogen-bond acceptors (Lipinski definition) is 6. The molecule has 192 valence electrons. The number of benzene rings is 2. The zero-order chi connectivity index (χ0) is 25.5. The van der Waals surface area contributed by atoms with E-state index in [9.17, 15) is 4.79 Å². The molecule has 2 aromatic carbocycles. The average Bonchev–Trinajstić information content (AvgIpc) is 3.63. The molecular weight excluding hydrogens is 476 g/mol. The molecule has 38 heavy (non-hydrogen) atoms. The van der Waals surface area contributed by atoms with E-state index < -0.39 is 0 Å². The Balaban J connectivity index is 1.02. The predicted octanol–water partition coefficient (Wildman–Crippen LogP) is 4.40. The highest BCUT2D eigenvalue weighted by atomic mass is 16.2. The molecule has 9 heteroatoms. The highest BCUT2D eigenvalue weighted by Crippen LogP contribution is 2.40. The van der Waals surface area contributed by atoms with Crippen LogP contribution in [0, 0.1) is 5.41 Å². The van der Waals surface area contributed by atoms with E-state index in [1.54, 1.807) is 12.4 Å². The van der Waals surface area contributed by atoms with E-state index in [4.69, 9.17) is 4.98 Å². The number of nitrogens with one attached hydrogen (secondary N) is 3. The summed E-state index contributed by atoms with van der Waals surface area (Å²) >= 11 is 0. The van der Waals surface area contributed by atoms with E-state index in [0.29, 0.717) is 24.3 Å². The normalized spacial score (nSPS) is 17.8. The number of H-pyrrole nitrogens is 1.